The van der Waals surface area contributed by atoms with E-state index in [0.29, 0.717) is 33.5 Å². The molecule has 1 atom stereocenters. The summed E-state index contributed by atoms with van der Waals surface area (Å²) in [7, 11) is 1.51. The van der Waals surface area contributed by atoms with Crippen LogP contribution in [0, 0.1) is 0 Å². The minimum Gasteiger partial charge on any atom is -0.493 e. The van der Waals surface area contributed by atoms with Crippen molar-refractivity contribution in [1.82, 2.24) is 0 Å². The lowest BCUT2D eigenvalue weighted by Crippen LogP contribution is -2.56. The fraction of sp³-hybridized carbons (Fsp3) is 0.179. The smallest absolute Gasteiger partial charge is 0.270 e. The highest BCUT2D eigenvalue weighted by Gasteiger charge is 2.41. The number of carbonyl (C=O) groups is 2. The number of para-hydroxylation sites is 2. The number of benzene rings is 3. The number of rotatable bonds is 7. The Morgan fingerprint density at radius 2 is 1.47 bits per heavy atom. The summed E-state index contributed by atoms with van der Waals surface area (Å²) in [5.74, 6) is -0.243. The first kappa shape index (κ1) is 25.4. The largest absolute Gasteiger partial charge is 0.493 e. The number of halogens is 1. The molecule has 3 aromatic carbocycles. The summed E-state index contributed by atoms with van der Waals surface area (Å²) in [6, 6.07) is 21.3. The second-order valence-electron chi connectivity index (χ2n) is 8.16. The number of nitrogens with zero attached hydrogens (tertiary/aromatic N) is 2. The average Bonchev–Trinajstić information content (AvgIpc) is 2.89. The van der Waals surface area contributed by atoms with Crippen LogP contribution >= 0.6 is 23.8 Å². The molecule has 0 N–H and O–H groups in total. The second kappa shape index (κ2) is 10.9. The van der Waals surface area contributed by atoms with E-state index in [0.717, 1.165) is 6.42 Å². The predicted octanol–water partition coefficient (Wildman–Crippen LogP) is 6.27. The van der Waals surface area contributed by atoms with Crippen molar-refractivity contribution < 1.29 is 19.1 Å². The van der Waals surface area contributed by atoms with Gasteiger partial charge in [-0.1, -0.05) is 54.9 Å². The molecule has 0 radical (unpaired) electrons. The molecule has 0 bridgehead atoms. The number of anilines is 2. The number of hydrogen-bond acceptors (Lipinski definition) is 5. The standard InChI is InChI=1S/C28H25ClN2O4S/c1-4-18(2)35-25-23(29)16-19(17-24(25)34-3)15-22-26(32)30(20-11-7-5-8-12-20)28(36)31(27(22)33)21-13-9-6-10-14-21/h5-18H,4H2,1-3H3/t18-/m1/s1. The maximum Gasteiger partial charge on any atom is 0.270 e. The SMILES string of the molecule is CC[C@@H](C)Oc1c(Cl)cc(C=C2C(=O)N(c3ccccc3)C(=S)N(c3ccccc3)C2=O)cc1OC. The van der Waals surface area contributed by atoms with Crippen molar-refractivity contribution in [1.29, 1.82) is 0 Å². The molecular formula is C28H25ClN2O4S. The summed E-state index contributed by atoms with van der Waals surface area (Å²) >= 11 is 12.2. The van der Waals surface area contributed by atoms with Crippen LogP contribution in [0.4, 0.5) is 11.4 Å². The van der Waals surface area contributed by atoms with Gasteiger partial charge in [0.25, 0.3) is 11.8 Å². The third kappa shape index (κ3) is 4.98. The summed E-state index contributed by atoms with van der Waals surface area (Å²) in [6.45, 7) is 3.94. The van der Waals surface area contributed by atoms with E-state index in [1.165, 1.54) is 23.0 Å². The first-order valence-electron chi connectivity index (χ1n) is 11.4. The normalized spacial score (nSPS) is 14.7. The lowest BCUT2D eigenvalue weighted by Gasteiger charge is -2.36. The van der Waals surface area contributed by atoms with Gasteiger partial charge in [0.05, 0.1) is 29.6 Å². The molecule has 184 valence electrons. The van der Waals surface area contributed by atoms with Gasteiger partial charge in [0.2, 0.25) is 0 Å². The third-order valence-electron chi connectivity index (χ3n) is 5.74. The van der Waals surface area contributed by atoms with Gasteiger partial charge in [-0.3, -0.25) is 19.4 Å². The van der Waals surface area contributed by atoms with E-state index < -0.39 is 11.8 Å². The molecule has 0 aromatic heterocycles. The van der Waals surface area contributed by atoms with E-state index in [1.807, 2.05) is 26.0 Å². The van der Waals surface area contributed by atoms with E-state index in [2.05, 4.69) is 0 Å². The van der Waals surface area contributed by atoms with Crippen LogP contribution in [-0.4, -0.2) is 30.1 Å². The molecule has 8 heteroatoms. The molecule has 1 fully saturated rings. The first-order chi connectivity index (χ1) is 17.3. The van der Waals surface area contributed by atoms with Crippen molar-refractivity contribution in [3.8, 4) is 11.5 Å². The molecule has 3 aromatic rings. The van der Waals surface area contributed by atoms with Crippen LogP contribution in [0.15, 0.2) is 78.4 Å². The van der Waals surface area contributed by atoms with Gasteiger partial charge in [-0.05, 0) is 73.6 Å². The molecule has 36 heavy (non-hydrogen) atoms. The summed E-state index contributed by atoms with van der Waals surface area (Å²) in [5.41, 5.74) is 1.56. The van der Waals surface area contributed by atoms with Gasteiger partial charge in [-0.2, -0.15) is 0 Å². The second-order valence-corrected chi connectivity index (χ2v) is 8.94. The Kier molecular flexibility index (Phi) is 7.72. The Morgan fingerprint density at radius 3 is 1.94 bits per heavy atom. The van der Waals surface area contributed by atoms with Crippen LogP contribution in [0.1, 0.15) is 25.8 Å². The van der Waals surface area contributed by atoms with E-state index in [1.54, 1.807) is 60.7 Å². The fourth-order valence-electron chi connectivity index (χ4n) is 3.73. The van der Waals surface area contributed by atoms with E-state index >= 15 is 0 Å². The molecule has 4 rings (SSSR count). The lowest BCUT2D eigenvalue weighted by molar-refractivity contribution is -0.120. The van der Waals surface area contributed by atoms with Crippen molar-refractivity contribution in [3.05, 3.63) is 89.0 Å². The first-order valence-corrected chi connectivity index (χ1v) is 12.2. The topological polar surface area (TPSA) is 59.1 Å². The molecule has 0 saturated carbocycles. The van der Waals surface area contributed by atoms with Crippen LogP contribution in [-0.2, 0) is 9.59 Å². The molecule has 1 heterocycles. The molecule has 0 unspecified atom stereocenters. The maximum absolute atomic E-state index is 13.7. The van der Waals surface area contributed by atoms with Gasteiger partial charge in [0.15, 0.2) is 16.6 Å². The summed E-state index contributed by atoms with van der Waals surface area (Å²) < 4.78 is 11.4. The fourth-order valence-corrected chi connectivity index (χ4v) is 4.37. The van der Waals surface area contributed by atoms with Crippen molar-refractivity contribution >= 4 is 58.2 Å². The van der Waals surface area contributed by atoms with Crippen LogP contribution in [0.5, 0.6) is 11.5 Å². The average molecular weight is 521 g/mol. The molecule has 0 aliphatic carbocycles. The van der Waals surface area contributed by atoms with Crippen LogP contribution in [0.3, 0.4) is 0 Å². The van der Waals surface area contributed by atoms with Crippen molar-refractivity contribution in [2.45, 2.75) is 26.4 Å². The zero-order valence-corrected chi connectivity index (χ0v) is 21.7. The van der Waals surface area contributed by atoms with Crippen LogP contribution < -0.4 is 19.3 Å². The molecule has 1 aliphatic rings. The molecular weight excluding hydrogens is 496 g/mol. The Labute approximate surface area is 220 Å². The number of thiocarbonyl (C=S) groups is 1. The quantitative estimate of drug-likeness (QED) is 0.209. The summed E-state index contributed by atoms with van der Waals surface area (Å²) in [4.78, 5) is 30.0. The number of hydrogen-bond donors (Lipinski definition) is 0. The summed E-state index contributed by atoms with van der Waals surface area (Å²) in [6.07, 6.45) is 2.22. The summed E-state index contributed by atoms with van der Waals surface area (Å²) in [5, 5.41) is 0.389. The minimum absolute atomic E-state index is 0.0648. The Morgan fingerprint density at radius 1 is 0.944 bits per heavy atom. The van der Waals surface area contributed by atoms with Gasteiger partial charge in [-0.15, -0.1) is 0 Å². The van der Waals surface area contributed by atoms with E-state index in [9.17, 15) is 9.59 Å². The predicted molar refractivity (Wildman–Crippen MR) is 147 cm³/mol. The molecule has 2 amide bonds. The minimum atomic E-state index is -0.529. The van der Waals surface area contributed by atoms with Crippen molar-refractivity contribution in [2.75, 3.05) is 16.9 Å². The molecule has 0 spiro atoms. The Balaban J connectivity index is 1.83. The zero-order chi connectivity index (χ0) is 25.8. The van der Waals surface area contributed by atoms with E-state index in [4.69, 9.17) is 33.3 Å². The number of ether oxygens (including phenoxy) is 2. The van der Waals surface area contributed by atoms with Gasteiger partial charge in [0.1, 0.15) is 5.57 Å². The monoisotopic (exact) mass is 520 g/mol. The third-order valence-corrected chi connectivity index (χ3v) is 6.38. The number of methoxy groups -OCH3 is 1. The Bertz CT molecular complexity index is 1260. The maximum atomic E-state index is 13.7. The molecule has 1 aliphatic heterocycles. The highest BCUT2D eigenvalue weighted by Crippen LogP contribution is 2.38. The zero-order valence-electron chi connectivity index (χ0n) is 20.1. The lowest BCUT2D eigenvalue weighted by atomic mass is 10.0. The van der Waals surface area contributed by atoms with E-state index in [-0.39, 0.29) is 16.8 Å². The highest BCUT2D eigenvalue weighted by molar-refractivity contribution is 7.81. The van der Waals surface area contributed by atoms with Crippen LogP contribution in [0.2, 0.25) is 5.02 Å². The van der Waals surface area contributed by atoms with Crippen LogP contribution in [0.25, 0.3) is 6.08 Å². The molecule has 6 nitrogen and oxygen atoms in total. The van der Waals surface area contributed by atoms with Crippen molar-refractivity contribution in [2.24, 2.45) is 0 Å². The van der Waals surface area contributed by atoms with Gasteiger partial charge < -0.3 is 9.47 Å². The number of carbonyl (C=O) groups excluding carboxylic acids is 2. The van der Waals surface area contributed by atoms with Gasteiger partial charge >= 0.3 is 0 Å². The van der Waals surface area contributed by atoms with Gasteiger partial charge in [-0.25, -0.2) is 0 Å². The Hall–Kier alpha value is -3.68. The molecule has 1 saturated heterocycles. The number of amides is 2. The van der Waals surface area contributed by atoms with Crippen molar-refractivity contribution in [3.63, 3.8) is 0 Å². The highest BCUT2D eigenvalue weighted by atomic mass is 35.5. The van der Waals surface area contributed by atoms with Gasteiger partial charge in [0, 0.05) is 0 Å².